The molecule has 27 heavy (non-hydrogen) atoms. The molecule has 0 amide bonds. The fourth-order valence-corrected chi connectivity index (χ4v) is 6.75. The smallest absolute Gasteiger partial charge is 0.462 e. The van der Waals surface area contributed by atoms with Crippen LogP contribution in [-0.4, -0.2) is 63.8 Å². The molecule has 0 heterocycles. The van der Waals surface area contributed by atoms with Crippen LogP contribution < -0.4 is 0 Å². The Balaban J connectivity index is 4.47. The molecule has 0 rings (SSSR count). The molecule has 0 aliphatic rings. The summed E-state index contributed by atoms with van der Waals surface area (Å²) in [7, 11) is -8.08. The molecule has 0 bridgehead atoms. The third-order valence-corrected chi connectivity index (χ3v) is 8.45. The van der Waals surface area contributed by atoms with Crippen LogP contribution in [0.5, 0.6) is 0 Å². The zero-order valence-corrected chi connectivity index (χ0v) is 18.2. The molecular weight excluding hydrogens is 392 g/mol. The zero-order valence-electron chi connectivity index (χ0n) is 16.2. The summed E-state index contributed by atoms with van der Waals surface area (Å²) >= 11 is 0. The van der Waals surface area contributed by atoms with Crippen LogP contribution in [0.2, 0.25) is 12.1 Å². The van der Waals surface area contributed by atoms with Crippen molar-refractivity contribution in [3.63, 3.8) is 0 Å². The van der Waals surface area contributed by atoms with E-state index in [4.69, 9.17) is 18.0 Å². The average molecular weight is 423 g/mol. The molecule has 0 saturated heterocycles. The van der Waals surface area contributed by atoms with Gasteiger partial charge in [0.15, 0.2) is 0 Å². The van der Waals surface area contributed by atoms with Crippen molar-refractivity contribution in [1.29, 1.82) is 0 Å². The highest BCUT2D eigenvalue weighted by atomic mass is 28.5. The molecule has 0 radical (unpaired) electrons. The minimum Gasteiger partial charge on any atom is -0.462 e. The fourth-order valence-electron chi connectivity index (χ4n) is 1.86. The van der Waals surface area contributed by atoms with Gasteiger partial charge in [0.2, 0.25) is 0 Å². The van der Waals surface area contributed by atoms with Crippen LogP contribution in [0.4, 0.5) is 0 Å². The highest BCUT2D eigenvalue weighted by Gasteiger charge is 2.47. The fraction of sp³-hybridized carbons (Fsp3) is 0.625. The molecule has 0 aliphatic heterocycles. The summed E-state index contributed by atoms with van der Waals surface area (Å²) in [5, 5.41) is 0. The Morgan fingerprint density at radius 3 is 1.74 bits per heavy atom. The quantitative estimate of drug-likeness (QED) is 0.162. The van der Waals surface area contributed by atoms with Gasteiger partial charge >= 0.3 is 29.5 Å². The molecule has 0 fully saturated rings. The predicted molar refractivity (Wildman–Crippen MR) is 101 cm³/mol. The lowest BCUT2D eigenvalue weighted by Crippen LogP contribution is -2.54. The number of hydrogen-bond acceptors (Lipinski definition) is 9. The Kier molecular flexibility index (Phi) is 11.6. The summed E-state index contributed by atoms with van der Waals surface area (Å²) < 4.78 is 20.2. The minimum atomic E-state index is -4.22. The van der Waals surface area contributed by atoms with E-state index in [0.29, 0.717) is 0 Å². The molecule has 0 spiro atoms. The van der Waals surface area contributed by atoms with Gasteiger partial charge in [-0.25, -0.2) is 9.59 Å². The van der Waals surface area contributed by atoms with Crippen molar-refractivity contribution >= 4 is 29.5 Å². The maximum Gasteiger partial charge on any atom is 0.491 e. The van der Waals surface area contributed by atoms with Crippen molar-refractivity contribution < 1.29 is 42.0 Å². The van der Waals surface area contributed by atoms with Crippen molar-refractivity contribution in [3.8, 4) is 0 Å². The lowest BCUT2D eigenvalue weighted by Gasteiger charge is -2.29. The number of esters is 2. The monoisotopic (exact) mass is 422 g/mol. The highest BCUT2D eigenvalue weighted by molar-refractivity contribution is 6.72. The molecule has 0 aliphatic carbocycles. The van der Waals surface area contributed by atoms with Gasteiger partial charge in [0.05, 0.1) is 13.2 Å². The van der Waals surface area contributed by atoms with Gasteiger partial charge < -0.3 is 32.4 Å². The van der Waals surface area contributed by atoms with Crippen LogP contribution in [0.1, 0.15) is 33.6 Å². The topological polar surface area (TPSA) is 132 Å². The van der Waals surface area contributed by atoms with Crippen LogP contribution in [0.3, 0.4) is 0 Å². The molecule has 0 aromatic carbocycles. The highest BCUT2D eigenvalue weighted by Crippen LogP contribution is 2.20. The van der Waals surface area contributed by atoms with E-state index in [2.05, 4.69) is 13.2 Å². The third kappa shape index (κ3) is 11.9. The van der Waals surface area contributed by atoms with Crippen molar-refractivity contribution in [2.45, 2.75) is 45.7 Å². The summed E-state index contributed by atoms with van der Waals surface area (Å²) in [5.74, 6) is -1.11. The van der Waals surface area contributed by atoms with Gasteiger partial charge in [-0.05, 0) is 33.6 Å². The lowest BCUT2D eigenvalue weighted by atomic mass is 10.4. The summed E-state index contributed by atoms with van der Waals surface area (Å²) in [6.45, 7) is 11.7. The van der Waals surface area contributed by atoms with Gasteiger partial charge in [-0.3, -0.25) is 0 Å². The molecule has 0 saturated carbocycles. The molecular formula is C16H30O9Si2. The van der Waals surface area contributed by atoms with Crippen LogP contribution in [0, 0.1) is 0 Å². The van der Waals surface area contributed by atoms with Gasteiger partial charge in [0, 0.05) is 29.8 Å². The molecule has 156 valence electrons. The first-order valence-electron chi connectivity index (χ1n) is 8.59. The second-order valence-corrected chi connectivity index (χ2v) is 11.0. The van der Waals surface area contributed by atoms with Crippen molar-refractivity contribution in [3.05, 3.63) is 24.3 Å². The average Bonchev–Trinajstić information content (AvgIpc) is 2.54. The van der Waals surface area contributed by atoms with Crippen molar-refractivity contribution in [2.75, 3.05) is 19.8 Å². The van der Waals surface area contributed by atoms with Gasteiger partial charge in [0.25, 0.3) is 0 Å². The van der Waals surface area contributed by atoms with Crippen LogP contribution in [-0.2, 0) is 27.6 Å². The van der Waals surface area contributed by atoms with Gasteiger partial charge in [-0.1, -0.05) is 13.2 Å². The van der Waals surface area contributed by atoms with E-state index < -0.39 is 29.5 Å². The first kappa shape index (κ1) is 25.7. The molecule has 0 aromatic rings. The first-order chi connectivity index (χ1) is 12.4. The lowest BCUT2D eigenvalue weighted by molar-refractivity contribution is -0.139. The molecule has 1 unspecified atom stereocenters. The Morgan fingerprint density at radius 2 is 1.33 bits per heavy atom. The number of carbonyl (C=O) groups is 2. The Morgan fingerprint density at radius 1 is 0.889 bits per heavy atom. The standard InChI is InChI=1S/C16H30O9Si2/c1-6-24-27(21,12-8-10-23-16(18)14(4)5)25-26(19,20)11-7-9-22-15(17)13(2)3/h19-21H,2,4,6-12H2,1,3,5H3. The van der Waals surface area contributed by atoms with E-state index in [1.807, 2.05) is 0 Å². The second-order valence-electron chi connectivity index (χ2n) is 6.03. The maximum atomic E-state index is 11.3. The van der Waals surface area contributed by atoms with Crippen molar-refractivity contribution in [1.82, 2.24) is 0 Å². The van der Waals surface area contributed by atoms with Gasteiger partial charge in [0.1, 0.15) is 0 Å². The zero-order chi connectivity index (χ0) is 21.1. The molecule has 9 nitrogen and oxygen atoms in total. The summed E-state index contributed by atoms with van der Waals surface area (Å²) in [6.07, 6.45) is 0.369. The Hall–Kier alpha value is -1.35. The molecule has 1 atom stereocenters. The van der Waals surface area contributed by atoms with E-state index in [1.165, 1.54) is 13.8 Å². The third-order valence-electron chi connectivity index (χ3n) is 3.14. The Labute approximate surface area is 161 Å². The summed E-state index contributed by atoms with van der Waals surface area (Å²) in [5.41, 5.74) is 0.501. The van der Waals surface area contributed by atoms with Gasteiger partial charge in [-0.2, -0.15) is 0 Å². The molecule has 0 aromatic heterocycles. The van der Waals surface area contributed by atoms with E-state index >= 15 is 0 Å². The van der Waals surface area contributed by atoms with Crippen LogP contribution in [0.15, 0.2) is 24.3 Å². The number of carbonyl (C=O) groups excluding carboxylic acids is 2. The van der Waals surface area contributed by atoms with Crippen LogP contribution in [0.25, 0.3) is 0 Å². The number of ether oxygens (including phenoxy) is 2. The summed E-state index contributed by atoms with van der Waals surface area (Å²) in [6, 6.07) is -0.186. The predicted octanol–water partition coefficient (Wildman–Crippen LogP) is 0.913. The minimum absolute atomic E-state index is 0.00910. The normalized spacial score (nSPS) is 13.6. The van der Waals surface area contributed by atoms with E-state index in [0.717, 1.165) is 0 Å². The Bertz CT molecular complexity index is 536. The largest absolute Gasteiger partial charge is 0.491 e. The molecule has 11 heteroatoms. The van der Waals surface area contributed by atoms with E-state index in [1.54, 1.807) is 6.92 Å². The second kappa shape index (κ2) is 12.2. The van der Waals surface area contributed by atoms with Crippen LogP contribution >= 0.6 is 0 Å². The van der Waals surface area contributed by atoms with E-state index in [9.17, 15) is 24.0 Å². The molecule has 3 N–H and O–H groups in total. The number of hydrogen-bond donors (Lipinski definition) is 3. The van der Waals surface area contributed by atoms with E-state index in [-0.39, 0.29) is 55.9 Å². The first-order valence-corrected chi connectivity index (χ1v) is 12.6. The maximum absolute atomic E-state index is 11.3. The van der Waals surface area contributed by atoms with Gasteiger partial charge in [-0.15, -0.1) is 0 Å². The SMILES string of the molecule is C=C(C)C(=O)OCCC[Si](O)(O)O[Si](O)(CCCOC(=O)C(=C)C)OCC. The summed E-state index contributed by atoms with van der Waals surface area (Å²) in [4.78, 5) is 53.2. The van der Waals surface area contributed by atoms with Crippen molar-refractivity contribution in [2.24, 2.45) is 0 Å². The number of rotatable bonds is 14.